The average Bonchev–Trinajstić information content (AvgIpc) is 2.24. The molecule has 1 aromatic heterocycles. The molecule has 1 rings (SSSR count). The first-order valence-corrected chi connectivity index (χ1v) is 6.71. The first kappa shape index (κ1) is 12.9. The van der Waals surface area contributed by atoms with Crippen molar-refractivity contribution in [2.75, 3.05) is 38.5 Å². The summed E-state index contributed by atoms with van der Waals surface area (Å²) in [5.41, 5.74) is 0. The van der Waals surface area contributed by atoms with Crippen LogP contribution in [-0.2, 0) is 14.6 Å². The molecule has 90 valence electrons. The number of nitrogens with zero attached hydrogens (tertiary/aromatic N) is 2. The van der Waals surface area contributed by atoms with E-state index in [1.54, 1.807) is 37.4 Å². The van der Waals surface area contributed by atoms with Gasteiger partial charge in [-0.3, -0.25) is 0 Å². The largest absolute Gasteiger partial charge is 0.383 e. The lowest BCUT2D eigenvalue weighted by Crippen LogP contribution is -2.24. The zero-order chi connectivity index (χ0) is 12.2. The van der Waals surface area contributed by atoms with Crippen LogP contribution in [0.2, 0.25) is 0 Å². The molecule has 5 nitrogen and oxygen atoms in total. The minimum absolute atomic E-state index is 0.244. The Morgan fingerprint density at radius 1 is 1.50 bits per heavy atom. The molecule has 0 aliphatic rings. The summed E-state index contributed by atoms with van der Waals surface area (Å²) in [6.07, 6.45) is 2.75. The molecule has 0 aromatic carbocycles. The molecule has 0 atom stereocenters. The van der Waals surface area contributed by atoms with Gasteiger partial charge in [-0.1, -0.05) is 0 Å². The topological polar surface area (TPSA) is 59.5 Å². The van der Waals surface area contributed by atoms with Crippen LogP contribution in [0.1, 0.15) is 0 Å². The smallest absolute Gasteiger partial charge is 0.179 e. The Hall–Kier alpha value is -1.14. The lowest BCUT2D eigenvalue weighted by atomic mass is 10.4. The van der Waals surface area contributed by atoms with E-state index < -0.39 is 9.84 Å². The van der Waals surface area contributed by atoms with E-state index in [-0.39, 0.29) is 4.90 Å². The highest BCUT2D eigenvalue weighted by Gasteiger charge is 2.16. The molecule has 0 radical (unpaired) electrons. The first-order valence-electron chi connectivity index (χ1n) is 4.82. The Labute approximate surface area is 96.0 Å². The summed E-state index contributed by atoms with van der Waals surface area (Å²) >= 11 is 0. The Balaban J connectivity index is 3.04. The van der Waals surface area contributed by atoms with Crippen molar-refractivity contribution >= 4 is 15.7 Å². The van der Waals surface area contributed by atoms with Crippen molar-refractivity contribution < 1.29 is 13.2 Å². The van der Waals surface area contributed by atoms with E-state index in [1.165, 1.54) is 6.26 Å². The highest BCUT2D eigenvalue weighted by Crippen LogP contribution is 2.20. The molecule has 0 aliphatic carbocycles. The van der Waals surface area contributed by atoms with E-state index in [1.807, 2.05) is 0 Å². The summed E-state index contributed by atoms with van der Waals surface area (Å²) in [6.45, 7) is 1.12. The number of anilines is 1. The third kappa shape index (κ3) is 3.18. The minimum Gasteiger partial charge on any atom is -0.383 e. The van der Waals surface area contributed by atoms with Crippen LogP contribution in [0, 0.1) is 0 Å². The summed E-state index contributed by atoms with van der Waals surface area (Å²) < 4.78 is 28.0. The van der Waals surface area contributed by atoms with Gasteiger partial charge in [-0.25, -0.2) is 13.4 Å². The Morgan fingerprint density at radius 3 is 2.75 bits per heavy atom. The van der Waals surface area contributed by atoms with Crippen LogP contribution in [-0.4, -0.2) is 47.0 Å². The second-order valence-electron chi connectivity index (χ2n) is 3.51. The Kier molecular flexibility index (Phi) is 4.26. The summed E-state index contributed by atoms with van der Waals surface area (Å²) in [7, 11) is 0.140. The highest BCUT2D eigenvalue weighted by atomic mass is 32.2. The number of aromatic nitrogens is 1. The lowest BCUT2D eigenvalue weighted by Gasteiger charge is -2.19. The van der Waals surface area contributed by atoms with E-state index in [9.17, 15) is 8.42 Å². The normalized spacial score (nSPS) is 11.4. The van der Waals surface area contributed by atoms with Gasteiger partial charge in [0, 0.05) is 33.2 Å². The minimum atomic E-state index is -3.25. The van der Waals surface area contributed by atoms with Crippen molar-refractivity contribution in [1.29, 1.82) is 0 Å². The summed E-state index contributed by atoms with van der Waals surface area (Å²) in [6, 6.07) is 3.17. The third-order valence-electron chi connectivity index (χ3n) is 2.14. The van der Waals surface area contributed by atoms with E-state index >= 15 is 0 Å². The Bertz CT molecular complexity index is 445. The second kappa shape index (κ2) is 5.27. The van der Waals surface area contributed by atoms with E-state index in [4.69, 9.17) is 4.74 Å². The van der Waals surface area contributed by atoms with Crippen LogP contribution < -0.4 is 4.90 Å². The maximum absolute atomic E-state index is 11.5. The van der Waals surface area contributed by atoms with Crippen molar-refractivity contribution in [3.05, 3.63) is 18.3 Å². The zero-order valence-electron chi connectivity index (χ0n) is 9.67. The number of ether oxygens (including phenoxy) is 1. The molecule has 0 bridgehead atoms. The lowest BCUT2D eigenvalue weighted by molar-refractivity contribution is 0.206. The van der Waals surface area contributed by atoms with Gasteiger partial charge in [-0.05, 0) is 12.1 Å². The number of likely N-dealkylation sites (N-methyl/N-ethyl adjacent to an activating group) is 1. The Morgan fingerprint density at radius 2 is 2.19 bits per heavy atom. The molecule has 0 saturated carbocycles. The number of hydrogen-bond donors (Lipinski definition) is 0. The van der Waals surface area contributed by atoms with Gasteiger partial charge in [-0.2, -0.15) is 0 Å². The fourth-order valence-corrected chi connectivity index (χ4v) is 2.16. The highest BCUT2D eigenvalue weighted by molar-refractivity contribution is 7.90. The number of hydrogen-bond acceptors (Lipinski definition) is 5. The predicted octanol–water partition coefficient (Wildman–Crippen LogP) is 0.568. The molecule has 16 heavy (non-hydrogen) atoms. The van der Waals surface area contributed by atoms with Gasteiger partial charge in [0.2, 0.25) is 0 Å². The van der Waals surface area contributed by atoms with Crippen LogP contribution in [0.3, 0.4) is 0 Å². The fraction of sp³-hybridized carbons (Fsp3) is 0.500. The molecule has 0 aliphatic heterocycles. The SMILES string of the molecule is COCCN(C)c1ncccc1S(C)(=O)=O. The quantitative estimate of drug-likeness (QED) is 0.757. The van der Waals surface area contributed by atoms with E-state index in [0.717, 1.165) is 0 Å². The molecule has 1 aromatic rings. The monoisotopic (exact) mass is 244 g/mol. The molecule has 0 spiro atoms. The fourth-order valence-electron chi connectivity index (χ4n) is 1.29. The first-order chi connectivity index (χ1) is 7.46. The molecule has 0 amide bonds. The molecule has 0 saturated heterocycles. The van der Waals surface area contributed by atoms with Gasteiger partial charge in [0.05, 0.1) is 6.61 Å². The third-order valence-corrected chi connectivity index (χ3v) is 3.26. The van der Waals surface area contributed by atoms with E-state index in [0.29, 0.717) is 19.0 Å². The maximum Gasteiger partial charge on any atom is 0.179 e. The molecule has 1 heterocycles. The summed E-state index contributed by atoms with van der Waals surface area (Å²) in [5, 5.41) is 0. The maximum atomic E-state index is 11.5. The zero-order valence-corrected chi connectivity index (χ0v) is 10.5. The van der Waals surface area contributed by atoms with Gasteiger partial charge in [0.15, 0.2) is 9.84 Å². The van der Waals surface area contributed by atoms with Crippen LogP contribution >= 0.6 is 0 Å². The summed E-state index contributed by atoms with van der Waals surface area (Å²) in [5.74, 6) is 0.460. The number of rotatable bonds is 5. The van der Waals surface area contributed by atoms with Crippen molar-refractivity contribution in [3.8, 4) is 0 Å². The van der Waals surface area contributed by atoms with Crippen LogP contribution in [0.4, 0.5) is 5.82 Å². The summed E-state index contributed by atoms with van der Waals surface area (Å²) in [4.78, 5) is 6.10. The number of pyridine rings is 1. The van der Waals surface area contributed by atoms with Crippen LogP contribution in [0.5, 0.6) is 0 Å². The molecule has 0 N–H and O–H groups in total. The van der Waals surface area contributed by atoms with Gasteiger partial charge < -0.3 is 9.64 Å². The van der Waals surface area contributed by atoms with Gasteiger partial charge >= 0.3 is 0 Å². The second-order valence-corrected chi connectivity index (χ2v) is 5.50. The van der Waals surface area contributed by atoms with Gasteiger partial charge in [-0.15, -0.1) is 0 Å². The van der Waals surface area contributed by atoms with Crippen LogP contribution in [0.25, 0.3) is 0 Å². The standard InChI is InChI=1S/C10H16N2O3S/c1-12(7-8-15-2)10-9(16(3,13)14)5-4-6-11-10/h4-6H,7-8H2,1-3H3. The molecule has 0 unspecified atom stereocenters. The van der Waals surface area contributed by atoms with Gasteiger partial charge in [0.25, 0.3) is 0 Å². The number of sulfone groups is 1. The van der Waals surface area contributed by atoms with Crippen molar-refractivity contribution in [2.24, 2.45) is 0 Å². The molecular weight excluding hydrogens is 228 g/mol. The van der Waals surface area contributed by atoms with Crippen molar-refractivity contribution in [2.45, 2.75) is 4.90 Å². The van der Waals surface area contributed by atoms with Crippen molar-refractivity contribution in [3.63, 3.8) is 0 Å². The molecule has 6 heteroatoms. The molecule has 0 fully saturated rings. The van der Waals surface area contributed by atoms with Crippen LogP contribution in [0.15, 0.2) is 23.2 Å². The van der Waals surface area contributed by atoms with E-state index in [2.05, 4.69) is 4.98 Å². The average molecular weight is 244 g/mol. The number of methoxy groups -OCH3 is 1. The van der Waals surface area contributed by atoms with Gasteiger partial charge in [0.1, 0.15) is 10.7 Å². The van der Waals surface area contributed by atoms with Crippen molar-refractivity contribution in [1.82, 2.24) is 4.98 Å². The molecular formula is C10H16N2O3S. The predicted molar refractivity (Wildman–Crippen MR) is 62.5 cm³/mol.